The number of pyridine rings is 1. The third-order valence-corrected chi connectivity index (χ3v) is 3.21. The van der Waals surface area contributed by atoms with Crippen LogP contribution in [0.5, 0.6) is 5.88 Å². The Morgan fingerprint density at radius 2 is 2.12 bits per heavy atom. The molecule has 0 amide bonds. The molecule has 2 rings (SSSR count). The van der Waals surface area contributed by atoms with Crippen molar-refractivity contribution in [2.75, 3.05) is 7.11 Å². The lowest BCUT2D eigenvalue weighted by Crippen LogP contribution is -2.25. The van der Waals surface area contributed by atoms with E-state index in [4.69, 9.17) is 10.5 Å². The molecule has 4 heteroatoms. The molecule has 0 unspecified atom stereocenters. The van der Waals surface area contributed by atoms with Crippen molar-refractivity contribution >= 4 is 11.5 Å². The third kappa shape index (κ3) is 3.19. The molecule has 17 heavy (non-hydrogen) atoms. The van der Waals surface area contributed by atoms with Gasteiger partial charge in [-0.1, -0.05) is 19.3 Å². The first kappa shape index (κ1) is 11.9. The number of methoxy groups -OCH3 is 1. The van der Waals surface area contributed by atoms with Crippen LogP contribution in [0.3, 0.4) is 0 Å². The van der Waals surface area contributed by atoms with Gasteiger partial charge < -0.3 is 10.5 Å². The molecule has 0 spiro atoms. The lowest BCUT2D eigenvalue weighted by molar-refractivity contribution is 0.398. The number of hydrogen-bond donors (Lipinski definition) is 1. The van der Waals surface area contributed by atoms with Crippen LogP contribution in [-0.2, 0) is 0 Å². The van der Waals surface area contributed by atoms with Crippen LogP contribution in [0, 0.1) is 5.92 Å². The molecule has 1 heterocycles. The molecule has 1 aromatic rings. The quantitative estimate of drug-likeness (QED) is 0.645. The van der Waals surface area contributed by atoms with Gasteiger partial charge in [0.1, 0.15) is 5.84 Å². The molecular weight excluding hydrogens is 214 g/mol. The van der Waals surface area contributed by atoms with Crippen LogP contribution in [0.4, 0.5) is 5.69 Å². The van der Waals surface area contributed by atoms with E-state index in [-0.39, 0.29) is 0 Å². The van der Waals surface area contributed by atoms with E-state index in [1.54, 1.807) is 19.4 Å². The molecule has 0 aromatic carbocycles. The van der Waals surface area contributed by atoms with Crippen molar-refractivity contribution in [1.29, 1.82) is 0 Å². The summed E-state index contributed by atoms with van der Waals surface area (Å²) in [5, 5.41) is 0. The fourth-order valence-electron chi connectivity index (χ4n) is 2.20. The number of nitrogens with zero attached hydrogens (tertiary/aromatic N) is 2. The van der Waals surface area contributed by atoms with E-state index in [1.165, 1.54) is 32.1 Å². The molecule has 1 aromatic heterocycles. The minimum absolute atomic E-state index is 0.450. The zero-order chi connectivity index (χ0) is 12.1. The lowest BCUT2D eigenvalue weighted by atomic mass is 9.88. The number of nitrogens with two attached hydrogens (primary N) is 1. The summed E-state index contributed by atoms with van der Waals surface area (Å²) in [6.07, 6.45) is 7.88. The summed E-state index contributed by atoms with van der Waals surface area (Å²) in [5.41, 5.74) is 6.84. The summed E-state index contributed by atoms with van der Waals surface area (Å²) in [7, 11) is 1.60. The summed E-state index contributed by atoms with van der Waals surface area (Å²) in [4.78, 5) is 8.54. The Hall–Kier alpha value is -1.58. The molecule has 1 aliphatic carbocycles. The summed E-state index contributed by atoms with van der Waals surface area (Å²) < 4.78 is 5.00. The molecule has 0 bridgehead atoms. The van der Waals surface area contributed by atoms with E-state index in [2.05, 4.69) is 9.98 Å². The number of hydrogen-bond acceptors (Lipinski definition) is 3. The fraction of sp³-hybridized carbons (Fsp3) is 0.538. The molecule has 0 saturated heterocycles. The predicted molar refractivity (Wildman–Crippen MR) is 68.6 cm³/mol. The minimum atomic E-state index is 0.450. The summed E-state index contributed by atoms with van der Waals surface area (Å²) in [5.74, 6) is 1.79. The zero-order valence-corrected chi connectivity index (χ0v) is 10.2. The van der Waals surface area contributed by atoms with Crippen LogP contribution in [0.25, 0.3) is 0 Å². The summed E-state index contributed by atoms with van der Waals surface area (Å²) >= 11 is 0. The molecule has 1 aliphatic rings. The SMILES string of the molecule is COc1ccc(N=C(N)C2CCCCC2)cn1. The van der Waals surface area contributed by atoms with Crippen LogP contribution >= 0.6 is 0 Å². The molecule has 0 radical (unpaired) electrons. The summed E-state index contributed by atoms with van der Waals surface area (Å²) in [6, 6.07) is 3.68. The second kappa shape index (κ2) is 5.66. The highest BCUT2D eigenvalue weighted by atomic mass is 16.5. The first-order valence-corrected chi connectivity index (χ1v) is 6.13. The Morgan fingerprint density at radius 3 is 2.71 bits per heavy atom. The van der Waals surface area contributed by atoms with Crippen molar-refractivity contribution in [3.63, 3.8) is 0 Å². The van der Waals surface area contributed by atoms with Crippen LogP contribution in [0.1, 0.15) is 32.1 Å². The highest BCUT2D eigenvalue weighted by molar-refractivity contribution is 5.85. The normalized spacial score (nSPS) is 18.1. The highest BCUT2D eigenvalue weighted by Gasteiger charge is 2.16. The Labute approximate surface area is 102 Å². The van der Waals surface area contributed by atoms with Gasteiger partial charge in [-0.3, -0.25) is 0 Å². The molecular formula is C13H19N3O. The second-order valence-corrected chi connectivity index (χ2v) is 4.43. The van der Waals surface area contributed by atoms with Gasteiger partial charge in [-0.25, -0.2) is 9.98 Å². The molecule has 0 aliphatic heterocycles. The van der Waals surface area contributed by atoms with Gasteiger partial charge in [0, 0.05) is 12.0 Å². The van der Waals surface area contributed by atoms with E-state index in [9.17, 15) is 0 Å². The maximum atomic E-state index is 6.04. The number of aliphatic imine (C=N–C) groups is 1. The van der Waals surface area contributed by atoms with E-state index < -0.39 is 0 Å². The van der Waals surface area contributed by atoms with Crippen molar-refractivity contribution in [3.05, 3.63) is 18.3 Å². The fourth-order valence-corrected chi connectivity index (χ4v) is 2.20. The van der Waals surface area contributed by atoms with Crippen molar-refractivity contribution in [1.82, 2.24) is 4.98 Å². The van der Waals surface area contributed by atoms with E-state index >= 15 is 0 Å². The van der Waals surface area contributed by atoms with Gasteiger partial charge in [0.15, 0.2) is 0 Å². The smallest absolute Gasteiger partial charge is 0.213 e. The lowest BCUT2D eigenvalue weighted by Gasteiger charge is -2.20. The predicted octanol–water partition coefficient (Wildman–Crippen LogP) is 2.66. The van der Waals surface area contributed by atoms with Gasteiger partial charge in [-0.15, -0.1) is 0 Å². The molecule has 1 saturated carbocycles. The second-order valence-electron chi connectivity index (χ2n) is 4.43. The van der Waals surface area contributed by atoms with Crippen molar-refractivity contribution in [2.45, 2.75) is 32.1 Å². The maximum absolute atomic E-state index is 6.04. The Morgan fingerprint density at radius 1 is 1.35 bits per heavy atom. The molecule has 4 nitrogen and oxygen atoms in total. The van der Waals surface area contributed by atoms with Crippen molar-refractivity contribution < 1.29 is 4.74 Å². The number of amidine groups is 1. The topological polar surface area (TPSA) is 60.5 Å². The van der Waals surface area contributed by atoms with Crippen LogP contribution < -0.4 is 10.5 Å². The Bertz CT molecular complexity index is 380. The minimum Gasteiger partial charge on any atom is -0.481 e. The maximum Gasteiger partial charge on any atom is 0.213 e. The molecule has 92 valence electrons. The van der Waals surface area contributed by atoms with Gasteiger partial charge in [-0.2, -0.15) is 0 Å². The van der Waals surface area contributed by atoms with Gasteiger partial charge in [0.2, 0.25) is 5.88 Å². The molecule has 0 atom stereocenters. The van der Waals surface area contributed by atoms with Crippen LogP contribution in [0.15, 0.2) is 23.3 Å². The van der Waals surface area contributed by atoms with Gasteiger partial charge in [0.25, 0.3) is 0 Å². The largest absolute Gasteiger partial charge is 0.481 e. The average molecular weight is 233 g/mol. The monoisotopic (exact) mass is 233 g/mol. The number of aromatic nitrogens is 1. The zero-order valence-electron chi connectivity index (χ0n) is 10.2. The average Bonchev–Trinajstić information content (AvgIpc) is 2.40. The highest BCUT2D eigenvalue weighted by Crippen LogP contribution is 2.25. The first-order valence-electron chi connectivity index (χ1n) is 6.13. The van der Waals surface area contributed by atoms with E-state index in [1.807, 2.05) is 6.07 Å². The first-order chi connectivity index (χ1) is 8.29. The number of rotatable bonds is 3. The van der Waals surface area contributed by atoms with Crippen molar-refractivity contribution in [3.8, 4) is 5.88 Å². The van der Waals surface area contributed by atoms with Gasteiger partial charge in [-0.05, 0) is 18.9 Å². The van der Waals surface area contributed by atoms with Crippen molar-refractivity contribution in [2.24, 2.45) is 16.6 Å². The molecule has 2 N–H and O–H groups in total. The Balaban J connectivity index is 2.05. The van der Waals surface area contributed by atoms with Gasteiger partial charge in [0.05, 0.1) is 19.0 Å². The van der Waals surface area contributed by atoms with Gasteiger partial charge >= 0.3 is 0 Å². The standard InChI is InChI=1S/C13H19N3O/c1-17-12-8-7-11(9-15-12)16-13(14)10-5-3-2-4-6-10/h7-10H,2-6H2,1H3,(H2,14,16). The number of ether oxygens (including phenoxy) is 1. The third-order valence-electron chi connectivity index (χ3n) is 3.21. The van der Waals surface area contributed by atoms with E-state index in [0.29, 0.717) is 11.8 Å². The molecule has 1 fully saturated rings. The Kier molecular flexibility index (Phi) is 3.96. The van der Waals surface area contributed by atoms with Crippen LogP contribution in [-0.4, -0.2) is 17.9 Å². The summed E-state index contributed by atoms with van der Waals surface area (Å²) in [6.45, 7) is 0. The van der Waals surface area contributed by atoms with Crippen LogP contribution in [0.2, 0.25) is 0 Å². The van der Waals surface area contributed by atoms with E-state index in [0.717, 1.165) is 11.5 Å².